The number of nitrogens with one attached hydrogen (secondary N) is 2. The van der Waals surface area contributed by atoms with Gasteiger partial charge in [-0.3, -0.25) is 20.6 Å². The molecular formula is C12H9Cl2N3O. The Morgan fingerprint density at radius 2 is 2.00 bits per heavy atom. The van der Waals surface area contributed by atoms with Crippen molar-refractivity contribution in [3.8, 4) is 0 Å². The molecule has 0 aliphatic carbocycles. The predicted octanol–water partition coefficient (Wildman–Crippen LogP) is 3.15. The van der Waals surface area contributed by atoms with Gasteiger partial charge in [0.2, 0.25) is 0 Å². The second-order valence-electron chi connectivity index (χ2n) is 3.42. The largest absolute Gasteiger partial charge is 0.297 e. The van der Waals surface area contributed by atoms with E-state index in [0.29, 0.717) is 21.4 Å². The molecule has 0 radical (unpaired) electrons. The summed E-state index contributed by atoms with van der Waals surface area (Å²) in [5.74, 6) is -0.355. The van der Waals surface area contributed by atoms with Gasteiger partial charge in [-0.1, -0.05) is 29.3 Å². The summed E-state index contributed by atoms with van der Waals surface area (Å²) in [6.07, 6.45) is 1.54. The van der Waals surface area contributed by atoms with Crippen LogP contribution in [0.3, 0.4) is 0 Å². The first-order valence-corrected chi connectivity index (χ1v) is 5.85. The number of pyridine rings is 1. The van der Waals surface area contributed by atoms with E-state index in [2.05, 4.69) is 15.8 Å². The zero-order valence-electron chi connectivity index (χ0n) is 9.15. The standard InChI is InChI=1S/C12H9Cl2N3O/c13-8-4-5-9(14)11(7-8)16-17-12(18)10-3-1-2-6-15-10/h1-7,16H,(H,17,18). The number of benzene rings is 1. The number of carbonyl (C=O) groups is 1. The fourth-order valence-electron chi connectivity index (χ4n) is 1.28. The maximum Gasteiger partial charge on any atom is 0.288 e. The highest BCUT2D eigenvalue weighted by molar-refractivity contribution is 6.35. The Bertz CT molecular complexity index is 561. The molecule has 18 heavy (non-hydrogen) atoms. The smallest absolute Gasteiger partial charge is 0.288 e. The third-order valence-corrected chi connectivity index (χ3v) is 2.70. The van der Waals surface area contributed by atoms with Gasteiger partial charge in [0.25, 0.3) is 5.91 Å². The van der Waals surface area contributed by atoms with Gasteiger partial charge in [-0.2, -0.15) is 0 Å². The van der Waals surface area contributed by atoms with Gasteiger partial charge in [-0.15, -0.1) is 0 Å². The van der Waals surface area contributed by atoms with Gasteiger partial charge < -0.3 is 0 Å². The third-order valence-electron chi connectivity index (χ3n) is 2.14. The molecule has 0 saturated heterocycles. The van der Waals surface area contributed by atoms with E-state index >= 15 is 0 Å². The van der Waals surface area contributed by atoms with Gasteiger partial charge in [0, 0.05) is 11.2 Å². The van der Waals surface area contributed by atoms with Crippen molar-refractivity contribution in [3.63, 3.8) is 0 Å². The summed E-state index contributed by atoms with van der Waals surface area (Å²) in [4.78, 5) is 15.6. The molecule has 0 unspecified atom stereocenters. The van der Waals surface area contributed by atoms with Gasteiger partial charge in [0.1, 0.15) is 5.69 Å². The molecule has 0 spiro atoms. The Morgan fingerprint density at radius 3 is 2.72 bits per heavy atom. The first kappa shape index (κ1) is 12.7. The van der Waals surface area contributed by atoms with Crippen molar-refractivity contribution in [2.75, 3.05) is 5.43 Å². The number of halogens is 2. The number of nitrogens with zero attached hydrogens (tertiary/aromatic N) is 1. The SMILES string of the molecule is O=C(NNc1cc(Cl)ccc1Cl)c1ccccn1. The quantitative estimate of drug-likeness (QED) is 0.850. The fourth-order valence-corrected chi connectivity index (χ4v) is 1.62. The number of hydrogen-bond donors (Lipinski definition) is 2. The van der Waals surface area contributed by atoms with E-state index in [9.17, 15) is 4.79 Å². The Hall–Kier alpha value is -1.78. The first-order valence-electron chi connectivity index (χ1n) is 5.09. The minimum atomic E-state index is -0.355. The number of hydrogen-bond acceptors (Lipinski definition) is 3. The predicted molar refractivity (Wildman–Crippen MR) is 71.8 cm³/mol. The van der Waals surface area contributed by atoms with E-state index in [1.807, 2.05) is 0 Å². The van der Waals surface area contributed by atoms with Crippen LogP contribution in [0.4, 0.5) is 5.69 Å². The molecule has 0 aliphatic rings. The van der Waals surface area contributed by atoms with Gasteiger partial charge in [-0.05, 0) is 30.3 Å². The molecule has 1 heterocycles. The zero-order valence-corrected chi connectivity index (χ0v) is 10.7. The van der Waals surface area contributed by atoms with Crippen LogP contribution in [0.25, 0.3) is 0 Å². The molecule has 2 aromatic rings. The third kappa shape index (κ3) is 3.12. The molecule has 0 aliphatic heterocycles. The monoisotopic (exact) mass is 281 g/mol. The van der Waals surface area contributed by atoms with Crippen LogP contribution in [0.2, 0.25) is 10.0 Å². The molecule has 2 N–H and O–H groups in total. The minimum Gasteiger partial charge on any atom is -0.297 e. The average molecular weight is 282 g/mol. The van der Waals surface area contributed by atoms with E-state index in [1.54, 1.807) is 42.6 Å². The maximum absolute atomic E-state index is 11.7. The van der Waals surface area contributed by atoms with Crippen LogP contribution >= 0.6 is 23.2 Å². The lowest BCUT2D eigenvalue weighted by Crippen LogP contribution is -2.30. The number of aromatic nitrogens is 1. The van der Waals surface area contributed by atoms with Crippen molar-refractivity contribution in [3.05, 3.63) is 58.3 Å². The van der Waals surface area contributed by atoms with E-state index in [1.165, 1.54) is 0 Å². The van der Waals surface area contributed by atoms with Crippen LogP contribution in [0.1, 0.15) is 10.5 Å². The van der Waals surface area contributed by atoms with Gasteiger partial charge in [0.05, 0.1) is 10.7 Å². The number of rotatable bonds is 3. The van der Waals surface area contributed by atoms with Crippen LogP contribution < -0.4 is 10.9 Å². The van der Waals surface area contributed by atoms with E-state index in [0.717, 1.165) is 0 Å². The Labute approximate surface area is 114 Å². The van der Waals surface area contributed by atoms with Crippen molar-refractivity contribution >= 4 is 34.8 Å². The zero-order chi connectivity index (χ0) is 13.0. The van der Waals surface area contributed by atoms with Crippen molar-refractivity contribution in [2.24, 2.45) is 0 Å². The van der Waals surface area contributed by atoms with Crippen LogP contribution in [0.5, 0.6) is 0 Å². The summed E-state index contributed by atoms with van der Waals surface area (Å²) in [6.45, 7) is 0. The highest BCUT2D eigenvalue weighted by Gasteiger charge is 2.06. The van der Waals surface area contributed by atoms with Gasteiger partial charge in [0.15, 0.2) is 0 Å². The topological polar surface area (TPSA) is 54.0 Å². The molecule has 0 bridgehead atoms. The van der Waals surface area contributed by atoms with Crippen molar-refractivity contribution in [1.29, 1.82) is 0 Å². The molecule has 1 aromatic carbocycles. The lowest BCUT2D eigenvalue weighted by molar-refractivity contribution is 0.0958. The summed E-state index contributed by atoms with van der Waals surface area (Å²) in [7, 11) is 0. The van der Waals surface area contributed by atoms with E-state index in [4.69, 9.17) is 23.2 Å². The van der Waals surface area contributed by atoms with Crippen LogP contribution in [0.15, 0.2) is 42.6 Å². The van der Waals surface area contributed by atoms with Crippen molar-refractivity contribution < 1.29 is 4.79 Å². The number of anilines is 1. The summed E-state index contributed by atoms with van der Waals surface area (Å²) in [5, 5.41) is 0.981. The minimum absolute atomic E-state index is 0.308. The first-order chi connectivity index (χ1) is 8.66. The fraction of sp³-hybridized carbons (Fsp3) is 0. The van der Waals surface area contributed by atoms with Crippen LogP contribution in [-0.4, -0.2) is 10.9 Å². The summed E-state index contributed by atoms with van der Waals surface area (Å²) in [6, 6.07) is 9.99. The average Bonchev–Trinajstić information content (AvgIpc) is 2.40. The Morgan fingerprint density at radius 1 is 1.17 bits per heavy atom. The van der Waals surface area contributed by atoms with Crippen molar-refractivity contribution in [1.82, 2.24) is 10.4 Å². The van der Waals surface area contributed by atoms with Crippen LogP contribution in [0, 0.1) is 0 Å². The summed E-state index contributed by atoms with van der Waals surface area (Å²) in [5.41, 5.74) is 6.02. The number of hydrazine groups is 1. The molecule has 0 atom stereocenters. The molecular weight excluding hydrogens is 273 g/mol. The number of carbonyl (C=O) groups excluding carboxylic acids is 1. The highest BCUT2D eigenvalue weighted by atomic mass is 35.5. The number of amides is 1. The maximum atomic E-state index is 11.7. The van der Waals surface area contributed by atoms with E-state index < -0.39 is 0 Å². The summed E-state index contributed by atoms with van der Waals surface area (Å²) < 4.78 is 0. The van der Waals surface area contributed by atoms with E-state index in [-0.39, 0.29) is 5.91 Å². The second-order valence-corrected chi connectivity index (χ2v) is 4.26. The Balaban J connectivity index is 2.04. The molecule has 1 aromatic heterocycles. The second kappa shape index (κ2) is 5.71. The normalized spacial score (nSPS) is 9.89. The van der Waals surface area contributed by atoms with Gasteiger partial charge in [-0.25, -0.2) is 0 Å². The molecule has 1 amide bonds. The molecule has 92 valence electrons. The molecule has 6 heteroatoms. The van der Waals surface area contributed by atoms with Crippen LogP contribution in [-0.2, 0) is 0 Å². The van der Waals surface area contributed by atoms with Crippen molar-refractivity contribution in [2.45, 2.75) is 0 Å². The Kier molecular flexibility index (Phi) is 4.02. The lowest BCUT2D eigenvalue weighted by atomic mass is 10.3. The molecule has 2 rings (SSSR count). The summed E-state index contributed by atoms with van der Waals surface area (Å²) >= 11 is 11.8. The highest BCUT2D eigenvalue weighted by Crippen LogP contribution is 2.24. The molecule has 0 saturated carbocycles. The molecule has 0 fully saturated rings. The van der Waals surface area contributed by atoms with Gasteiger partial charge >= 0.3 is 0 Å². The molecule has 4 nitrogen and oxygen atoms in total. The lowest BCUT2D eigenvalue weighted by Gasteiger charge is -2.09.